The second-order valence-electron chi connectivity index (χ2n) is 4.26. The van der Waals surface area contributed by atoms with Crippen LogP contribution in [0.2, 0.25) is 0 Å². The smallest absolute Gasteiger partial charge is 0.323 e. The van der Waals surface area contributed by atoms with Crippen molar-refractivity contribution in [3.63, 3.8) is 0 Å². The average Bonchev–Trinajstić information content (AvgIpc) is 2.44. The third kappa shape index (κ3) is 4.51. The molecule has 0 saturated heterocycles. The summed E-state index contributed by atoms with van der Waals surface area (Å²) < 4.78 is 10.6. The van der Waals surface area contributed by atoms with Crippen LogP contribution in [-0.4, -0.2) is 55.4 Å². The Labute approximate surface area is 114 Å². The molecule has 0 radical (unpaired) electrons. The van der Waals surface area contributed by atoms with Crippen LogP contribution in [-0.2, 0) is 4.74 Å². The van der Waals surface area contributed by atoms with Crippen LogP contribution < -0.4 is 15.0 Å². The molecule has 0 fully saturated rings. The van der Waals surface area contributed by atoms with Gasteiger partial charge in [-0.25, -0.2) is 0 Å². The van der Waals surface area contributed by atoms with Gasteiger partial charge >= 0.3 is 6.01 Å². The maximum Gasteiger partial charge on any atom is 0.323 e. The summed E-state index contributed by atoms with van der Waals surface area (Å²) in [6.07, 6.45) is 0.909. The van der Waals surface area contributed by atoms with Gasteiger partial charge in [0.25, 0.3) is 0 Å². The van der Waals surface area contributed by atoms with Gasteiger partial charge in [0.2, 0.25) is 11.9 Å². The van der Waals surface area contributed by atoms with Crippen molar-refractivity contribution in [3.05, 3.63) is 0 Å². The molecule has 0 bridgehead atoms. The molecule has 1 aromatic heterocycles. The van der Waals surface area contributed by atoms with Gasteiger partial charge in [0.15, 0.2) is 0 Å². The molecule has 1 rings (SSSR count). The quantitative estimate of drug-likeness (QED) is 0.759. The predicted octanol–water partition coefficient (Wildman–Crippen LogP) is 1.17. The highest BCUT2D eigenvalue weighted by Gasteiger charge is 2.15. The maximum atomic E-state index is 5.47. The van der Waals surface area contributed by atoms with Crippen molar-refractivity contribution in [2.24, 2.45) is 0 Å². The van der Waals surface area contributed by atoms with Crippen molar-refractivity contribution in [1.29, 1.82) is 0 Å². The van der Waals surface area contributed by atoms with Crippen molar-refractivity contribution in [2.45, 2.75) is 26.3 Å². The molecule has 0 amide bonds. The molecule has 1 aromatic rings. The molecule has 0 aromatic carbocycles. The van der Waals surface area contributed by atoms with E-state index in [0.29, 0.717) is 31.1 Å². The van der Waals surface area contributed by atoms with Gasteiger partial charge in [-0.05, 0) is 13.3 Å². The highest BCUT2D eigenvalue weighted by molar-refractivity contribution is 5.38. The first-order valence-corrected chi connectivity index (χ1v) is 6.40. The summed E-state index contributed by atoms with van der Waals surface area (Å²) in [5, 5.41) is 2.91. The highest BCUT2D eigenvalue weighted by Crippen LogP contribution is 2.15. The normalized spacial score (nSPS) is 12.1. The Hall–Kier alpha value is -1.63. The van der Waals surface area contributed by atoms with Crippen molar-refractivity contribution in [2.75, 3.05) is 44.6 Å². The largest absolute Gasteiger partial charge is 0.463 e. The first-order chi connectivity index (χ1) is 9.12. The highest BCUT2D eigenvalue weighted by atomic mass is 16.5. The number of rotatable bonds is 8. The van der Waals surface area contributed by atoms with Crippen molar-refractivity contribution in [3.8, 4) is 6.01 Å². The van der Waals surface area contributed by atoms with E-state index in [1.54, 1.807) is 14.2 Å². The first-order valence-electron chi connectivity index (χ1n) is 6.40. The molecule has 0 aliphatic heterocycles. The number of aromatic nitrogens is 3. The zero-order valence-corrected chi connectivity index (χ0v) is 12.3. The van der Waals surface area contributed by atoms with E-state index in [-0.39, 0.29) is 6.04 Å². The molecule has 1 unspecified atom stereocenters. The number of nitrogens with one attached hydrogen (secondary N) is 1. The number of likely N-dealkylation sites (N-methyl/N-ethyl adjacent to an activating group) is 1. The van der Waals surface area contributed by atoms with Crippen molar-refractivity contribution in [1.82, 2.24) is 15.0 Å². The molecule has 1 atom stereocenters. The number of hydrogen-bond acceptors (Lipinski definition) is 7. The fraction of sp³-hybridized carbons (Fsp3) is 0.750. The lowest BCUT2D eigenvalue weighted by molar-refractivity contribution is 0.182. The third-order valence-electron chi connectivity index (χ3n) is 2.65. The fourth-order valence-corrected chi connectivity index (χ4v) is 1.42. The monoisotopic (exact) mass is 269 g/mol. The van der Waals surface area contributed by atoms with Crippen LogP contribution in [0.1, 0.15) is 20.3 Å². The summed E-state index contributed by atoms with van der Waals surface area (Å²) >= 11 is 0. The summed E-state index contributed by atoms with van der Waals surface area (Å²) in [5.41, 5.74) is 0. The molecule has 1 N–H and O–H groups in total. The number of nitrogens with zero attached hydrogens (tertiary/aromatic N) is 4. The minimum Gasteiger partial charge on any atom is -0.463 e. The van der Waals surface area contributed by atoms with Gasteiger partial charge in [-0.2, -0.15) is 15.0 Å². The van der Waals surface area contributed by atoms with Crippen LogP contribution in [0, 0.1) is 0 Å². The molecule has 0 aliphatic rings. The second kappa shape index (κ2) is 7.73. The molecular formula is C12H23N5O2. The summed E-state index contributed by atoms with van der Waals surface area (Å²) in [5.74, 6) is 1.06. The Morgan fingerprint density at radius 1 is 1.32 bits per heavy atom. The summed E-state index contributed by atoms with van der Waals surface area (Å²) in [6, 6.07) is 0.504. The molecular weight excluding hydrogens is 246 g/mol. The van der Waals surface area contributed by atoms with Gasteiger partial charge in [-0.15, -0.1) is 0 Å². The zero-order chi connectivity index (χ0) is 14.3. The number of anilines is 2. The summed E-state index contributed by atoms with van der Waals surface area (Å²) in [7, 11) is 5.36. The van der Waals surface area contributed by atoms with E-state index < -0.39 is 0 Å². The Balaban J connectivity index is 2.91. The van der Waals surface area contributed by atoms with Crippen molar-refractivity contribution < 1.29 is 9.47 Å². The fourth-order valence-electron chi connectivity index (χ4n) is 1.42. The summed E-state index contributed by atoms with van der Waals surface area (Å²) in [4.78, 5) is 14.7. The van der Waals surface area contributed by atoms with Gasteiger partial charge in [0.05, 0.1) is 19.3 Å². The van der Waals surface area contributed by atoms with Crippen LogP contribution >= 0.6 is 0 Å². The maximum absolute atomic E-state index is 5.47. The van der Waals surface area contributed by atoms with E-state index in [0.717, 1.165) is 6.42 Å². The van der Waals surface area contributed by atoms with E-state index in [1.165, 1.54) is 0 Å². The second-order valence-corrected chi connectivity index (χ2v) is 4.26. The standard InChI is InChI=1S/C12H23N5O2/c1-6-7-19-12-15-10(13-3)14-11(16-12)17(4)9(2)8-18-5/h9H,6-8H2,1-5H3,(H,13,14,15,16). The van der Waals surface area contributed by atoms with Gasteiger partial charge in [-0.1, -0.05) is 6.92 Å². The van der Waals surface area contributed by atoms with Crippen LogP contribution in [0.3, 0.4) is 0 Å². The topological polar surface area (TPSA) is 72.4 Å². The van der Waals surface area contributed by atoms with Crippen LogP contribution in [0.15, 0.2) is 0 Å². The van der Waals surface area contributed by atoms with Gasteiger partial charge < -0.3 is 19.7 Å². The molecule has 0 saturated carbocycles. The van der Waals surface area contributed by atoms with E-state index in [2.05, 4.69) is 20.3 Å². The Bertz CT molecular complexity index is 388. The molecule has 0 spiro atoms. The van der Waals surface area contributed by atoms with E-state index in [1.807, 2.05) is 25.8 Å². The Kier molecular flexibility index (Phi) is 6.27. The Morgan fingerprint density at radius 2 is 2.05 bits per heavy atom. The average molecular weight is 269 g/mol. The van der Waals surface area contributed by atoms with E-state index in [9.17, 15) is 0 Å². The molecule has 7 nitrogen and oxygen atoms in total. The molecule has 7 heteroatoms. The lowest BCUT2D eigenvalue weighted by Gasteiger charge is -2.24. The number of methoxy groups -OCH3 is 1. The van der Waals surface area contributed by atoms with E-state index >= 15 is 0 Å². The molecule has 0 aliphatic carbocycles. The third-order valence-corrected chi connectivity index (χ3v) is 2.65. The van der Waals surface area contributed by atoms with Crippen LogP contribution in [0.25, 0.3) is 0 Å². The van der Waals surface area contributed by atoms with Gasteiger partial charge in [0, 0.05) is 21.2 Å². The Morgan fingerprint density at radius 3 is 2.63 bits per heavy atom. The molecule has 1 heterocycles. The van der Waals surface area contributed by atoms with Crippen LogP contribution in [0.4, 0.5) is 11.9 Å². The minimum absolute atomic E-state index is 0.163. The summed E-state index contributed by atoms with van der Waals surface area (Å²) in [6.45, 7) is 5.26. The number of ether oxygens (including phenoxy) is 2. The van der Waals surface area contributed by atoms with Crippen LogP contribution in [0.5, 0.6) is 6.01 Å². The molecule has 108 valence electrons. The zero-order valence-electron chi connectivity index (χ0n) is 12.3. The number of hydrogen-bond donors (Lipinski definition) is 1. The lowest BCUT2D eigenvalue weighted by Crippen LogP contribution is -2.34. The minimum atomic E-state index is 0.163. The van der Waals surface area contributed by atoms with Gasteiger partial charge in [0.1, 0.15) is 0 Å². The molecule has 19 heavy (non-hydrogen) atoms. The van der Waals surface area contributed by atoms with E-state index in [4.69, 9.17) is 9.47 Å². The van der Waals surface area contributed by atoms with Crippen molar-refractivity contribution >= 4 is 11.9 Å². The SMILES string of the molecule is CCCOc1nc(NC)nc(N(C)C(C)COC)n1. The lowest BCUT2D eigenvalue weighted by atomic mass is 10.3. The van der Waals surface area contributed by atoms with Gasteiger partial charge in [-0.3, -0.25) is 0 Å². The first kappa shape index (κ1) is 15.4. The predicted molar refractivity (Wildman–Crippen MR) is 74.9 cm³/mol.